The fraction of sp³-hybridized carbons (Fsp3) is 0.588. The number of hydrogen-bond donors (Lipinski definition) is 1. The number of hydrogen-bond acceptors (Lipinski definition) is 7. The van der Waals surface area contributed by atoms with Crippen molar-refractivity contribution in [1.82, 2.24) is 10.2 Å². The summed E-state index contributed by atoms with van der Waals surface area (Å²) in [4.78, 5) is 36.3. The molecule has 1 N–H and O–H groups in total. The Bertz CT molecular complexity index is 666. The van der Waals surface area contributed by atoms with Gasteiger partial charge in [-0.05, 0) is 32.9 Å². The lowest BCUT2D eigenvalue weighted by atomic mass is 10.2. The SMILES string of the molecule is CC(=O)OCc1ccc(C2SCC(=O)N2CCNC(=O)OC(C)(C)C)o1. The lowest BCUT2D eigenvalue weighted by molar-refractivity contribution is -0.142. The van der Waals surface area contributed by atoms with Crippen molar-refractivity contribution in [2.24, 2.45) is 0 Å². The molecule has 8 nitrogen and oxygen atoms in total. The van der Waals surface area contributed by atoms with Crippen molar-refractivity contribution in [2.75, 3.05) is 18.8 Å². The summed E-state index contributed by atoms with van der Waals surface area (Å²) in [7, 11) is 0. The van der Waals surface area contributed by atoms with Crippen LogP contribution in [0.3, 0.4) is 0 Å². The van der Waals surface area contributed by atoms with E-state index in [0.717, 1.165) is 0 Å². The van der Waals surface area contributed by atoms with Gasteiger partial charge in [-0.15, -0.1) is 11.8 Å². The van der Waals surface area contributed by atoms with Crippen LogP contribution in [0.15, 0.2) is 16.5 Å². The molecule has 0 aromatic carbocycles. The third-order valence-electron chi connectivity index (χ3n) is 3.33. The Morgan fingerprint density at radius 2 is 2.12 bits per heavy atom. The number of alkyl carbamates (subject to hydrolysis) is 1. The lowest BCUT2D eigenvalue weighted by Gasteiger charge is -2.23. The standard InChI is InChI=1S/C17H24N2O6S/c1-11(20)23-9-12-5-6-13(24-12)15-19(14(21)10-26-15)8-7-18-16(22)25-17(2,3)4/h5-6,15H,7-10H2,1-4H3,(H,18,22). The zero-order chi connectivity index (χ0) is 19.3. The molecule has 0 aliphatic carbocycles. The normalized spacial score (nSPS) is 17.3. The van der Waals surface area contributed by atoms with E-state index in [0.29, 0.717) is 23.8 Å². The van der Waals surface area contributed by atoms with E-state index in [4.69, 9.17) is 13.9 Å². The molecule has 0 bridgehead atoms. The number of nitrogens with one attached hydrogen (secondary N) is 1. The van der Waals surface area contributed by atoms with Gasteiger partial charge in [-0.3, -0.25) is 9.59 Å². The molecule has 1 aliphatic rings. The molecule has 1 aromatic heterocycles. The van der Waals surface area contributed by atoms with Gasteiger partial charge in [-0.1, -0.05) is 0 Å². The summed E-state index contributed by atoms with van der Waals surface area (Å²) in [5, 5.41) is 2.37. The maximum Gasteiger partial charge on any atom is 0.407 e. The number of esters is 1. The Morgan fingerprint density at radius 3 is 2.77 bits per heavy atom. The zero-order valence-electron chi connectivity index (χ0n) is 15.4. The van der Waals surface area contributed by atoms with E-state index in [1.165, 1.54) is 18.7 Å². The predicted octanol–water partition coefficient (Wildman–Crippen LogP) is 2.44. The summed E-state index contributed by atoms with van der Waals surface area (Å²) in [5.74, 6) is 1.06. The summed E-state index contributed by atoms with van der Waals surface area (Å²) in [6.07, 6.45) is -0.519. The van der Waals surface area contributed by atoms with E-state index < -0.39 is 11.7 Å². The van der Waals surface area contributed by atoms with Crippen molar-refractivity contribution in [2.45, 2.75) is 45.3 Å². The Kier molecular flexibility index (Phi) is 6.57. The number of carbonyl (C=O) groups excluding carboxylic acids is 3. The number of thioether (sulfide) groups is 1. The summed E-state index contributed by atoms with van der Waals surface area (Å²) < 4.78 is 15.8. The number of carbonyl (C=O) groups is 3. The van der Waals surface area contributed by atoms with E-state index in [2.05, 4.69) is 5.32 Å². The van der Waals surface area contributed by atoms with Gasteiger partial charge in [0, 0.05) is 20.0 Å². The molecular formula is C17H24N2O6S. The lowest BCUT2D eigenvalue weighted by Crippen LogP contribution is -2.39. The first kappa shape index (κ1) is 20.2. The van der Waals surface area contributed by atoms with Crippen LogP contribution in [0.4, 0.5) is 4.79 Å². The van der Waals surface area contributed by atoms with Gasteiger partial charge in [0.25, 0.3) is 0 Å². The van der Waals surface area contributed by atoms with Gasteiger partial charge >= 0.3 is 12.1 Å². The minimum absolute atomic E-state index is 0.0241. The van der Waals surface area contributed by atoms with Crippen LogP contribution >= 0.6 is 11.8 Å². The molecular weight excluding hydrogens is 360 g/mol. The second kappa shape index (κ2) is 8.48. The highest BCUT2D eigenvalue weighted by molar-refractivity contribution is 8.00. The van der Waals surface area contributed by atoms with Crippen LogP contribution in [0.2, 0.25) is 0 Å². The highest BCUT2D eigenvalue weighted by Gasteiger charge is 2.34. The summed E-state index contributed by atoms with van der Waals surface area (Å²) in [6.45, 7) is 7.36. The fourth-order valence-electron chi connectivity index (χ4n) is 2.30. The molecule has 1 saturated heterocycles. The molecule has 1 aromatic rings. The Morgan fingerprint density at radius 1 is 1.38 bits per heavy atom. The minimum atomic E-state index is -0.571. The molecule has 1 atom stereocenters. The maximum atomic E-state index is 12.1. The molecule has 2 rings (SSSR count). The predicted molar refractivity (Wildman–Crippen MR) is 95.3 cm³/mol. The molecule has 1 aliphatic heterocycles. The number of rotatable bonds is 6. The van der Waals surface area contributed by atoms with Gasteiger partial charge in [0.1, 0.15) is 29.1 Å². The molecule has 1 fully saturated rings. The monoisotopic (exact) mass is 384 g/mol. The molecule has 2 heterocycles. The topological polar surface area (TPSA) is 98.1 Å². The van der Waals surface area contributed by atoms with E-state index in [1.54, 1.807) is 37.8 Å². The second-order valence-electron chi connectivity index (χ2n) is 6.76. The molecule has 144 valence electrons. The molecule has 26 heavy (non-hydrogen) atoms. The summed E-state index contributed by atoms with van der Waals surface area (Å²) >= 11 is 1.45. The van der Waals surface area contributed by atoms with Crippen molar-refractivity contribution in [1.29, 1.82) is 0 Å². The van der Waals surface area contributed by atoms with Crippen LogP contribution in [0.5, 0.6) is 0 Å². The van der Waals surface area contributed by atoms with Crippen molar-refractivity contribution in [3.05, 3.63) is 23.7 Å². The largest absolute Gasteiger partial charge is 0.459 e. The fourth-order valence-corrected chi connectivity index (χ4v) is 3.46. The van der Waals surface area contributed by atoms with Crippen LogP contribution in [0.25, 0.3) is 0 Å². The average Bonchev–Trinajstić information content (AvgIpc) is 3.11. The Hall–Kier alpha value is -2.16. The minimum Gasteiger partial charge on any atom is -0.459 e. The van der Waals surface area contributed by atoms with Gasteiger partial charge in [-0.2, -0.15) is 0 Å². The van der Waals surface area contributed by atoms with E-state index in [1.807, 2.05) is 0 Å². The first-order valence-corrected chi connectivity index (χ1v) is 9.30. The number of amides is 2. The first-order chi connectivity index (χ1) is 12.2. The van der Waals surface area contributed by atoms with Crippen LogP contribution in [0, 0.1) is 0 Å². The van der Waals surface area contributed by atoms with Gasteiger partial charge < -0.3 is 24.1 Å². The second-order valence-corrected chi connectivity index (χ2v) is 7.83. The quantitative estimate of drug-likeness (QED) is 0.752. The van der Waals surface area contributed by atoms with Crippen molar-refractivity contribution in [3.63, 3.8) is 0 Å². The maximum absolute atomic E-state index is 12.1. The van der Waals surface area contributed by atoms with Crippen molar-refractivity contribution < 1.29 is 28.3 Å². The molecule has 0 radical (unpaired) electrons. The van der Waals surface area contributed by atoms with Gasteiger partial charge in [0.15, 0.2) is 0 Å². The Labute approximate surface area is 156 Å². The molecule has 1 unspecified atom stereocenters. The van der Waals surface area contributed by atoms with Gasteiger partial charge in [-0.25, -0.2) is 4.79 Å². The van der Waals surface area contributed by atoms with Crippen molar-refractivity contribution >= 4 is 29.7 Å². The smallest absolute Gasteiger partial charge is 0.407 e. The van der Waals surface area contributed by atoms with Crippen molar-refractivity contribution in [3.8, 4) is 0 Å². The van der Waals surface area contributed by atoms with Crippen LogP contribution in [-0.2, 0) is 25.7 Å². The number of nitrogens with zero attached hydrogens (tertiary/aromatic N) is 1. The third-order valence-corrected chi connectivity index (χ3v) is 4.55. The molecule has 9 heteroatoms. The average molecular weight is 384 g/mol. The zero-order valence-corrected chi connectivity index (χ0v) is 16.2. The molecule has 0 spiro atoms. The highest BCUT2D eigenvalue weighted by atomic mass is 32.2. The summed E-state index contributed by atoms with van der Waals surface area (Å²) in [5.41, 5.74) is -0.571. The van der Waals surface area contributed by atoms with E-state index in [-0.39, 0.29) is 30.4 Å². The van der Waals surface area contributed by atoms with E-state index >= 15 is 0 Å². The first-order valence-electron chi connectivity index (χ1n) is 8.25. The number of ether oxygens (including phenoxy) is 2. The Balaban J connectivity index is 1.90. The summed E-state index contributed by atoms with van der Waals surface area (Å²) in [6, 6.07) is 3.49. The highest BCUT2D eigenvalue weighted by Crippen LogP contribution is 2.39. The number of furan rings is 1. The molecule has 0 saturated carbocycles. The van der Waals surface area contributed by atoms with Crippen LogP contribution in [0.1, 0.15) is 44.6 Å². The molecule has 2 amide bonds. The van der Waals surface area contributed by atoms with E-state index in [9.17, 15) is 14.4 Å². The van der Waals surface area contributed by atoms with Gasteiger partial charge in [0.05, 0.1) is 5.75 Å². The third kappa shape index (κ3) is 5.98. The van der Waals surface area contributed by atoms with Crippen LogP contribution < -0.4 is 5.32 Å². The van der Waals surface area contributed by atoms with Gasteiger partial charge in [0.2, 0.25) is 5.91 Å². The van der Waals surface area contributed by atoms with Crippen LogP contribution in [-0.4, -0.2) is 47.3 Å².